The fraction of sp³-hybridized carbons (Fsp3) is 0.875. The second-order valence-electron chi connectivity index (χ2n) is 16.4. The van der Waals surface area contributed by atoms with Crippen molar-refractivity contribution in [3.05, 3.63) is 12.2 Å². The minimum absolute atomic E-state index is 0.0959. The van der Waals surface area contributed by atoms with Crippen molar-refractivity contribution in [3.63, 3.8) is 0 Å². The molecule has 1 saturated heterocycles. The van der Waals surface area contributed by atoms with Crippen LogP contribution in [0.5, 0.6) is 0 Å². The summed E-state index contributed by atoms with van der Waals surface area (Å²) in [7, 11) is 0. The lowest BCUT2D eigenvalue weighted by Crippen LogP contribution is -2.62. The molecule has 1 heterocycles. The molecule has 0 aromatic heterocycles. The van der Waals surface area contributed by atoms with Crippen LogP contribution in [0.15, 0.2) is 12.2 Å². The maximum atomic E-state index is 13.2. The fourth-order valence-electron chi connectivity index (χ4n) is 6.34. The minimum Gasteiger partial charge on any atom is -0.463 e. The van der Waals surface area contributed by atoms with Crippen molar-refractivity contribution in [2.24, 2.45) is 0 Å². The number of amides is 1. The molecule has 0 aliphatic carbocycles. The second-order valence-corrected chi connectivity index (χ2v) is 16.4. The predicted molar refractivity (Wildman–Crippen MR) is 261 cm³/mol. The number of carbonyl (C=O) groups excluding carboxylic acids is 4. The maximum Gasteiger partial charge on any atom is 0.335 e. The molecule has 0 bridgehead atoms. The van der Waals surface area contributed by atoms with Crippen LogP contribution in [0.25, 0.3) is 0 Å². The lowest BCUT2D eigenvalue weighted by molar-refractivity contribution is -0.326. The molecule has 1 rings (SSSR count). The van der Waals surface area contributed by atoms with Gasteiger partial charge in [0.15, 0.2) is 18.6 Å². The van der Waals surface area contributed by atoms with E-state index in [4.69, 9.17) is 71.1 Å². The highest BCUT2D eigenvalue weighted by Gasteiger charge is 2.47. The Morgan fingerprint density at radius 2 is 1.03 bits per heavy atom. The molecule has 10 atom stereocenters. The number of ether oxygens (including phenoxy) is 14. The monoisotopic (exact) mass is 1100 g/mol. The quantitative estimate of drug-likeness (QED) is 0.0128. The van der Waals surface area contributed by atoms with E-state index in [2.05, 4.69) is 18.8 Å². The Balaban J connectivity index is 0.0000270. The average molecular weight is 1100 g/mol. The summed E-state index contributed by atoms with van der Waals surface area (Å²) >= 11 is 0. The first kappa shape index (κ1) is 72.0. The molecular formula is C48H89NO26. The Labute approximate surface area is 439 Å². The van der Waals surface area contributed by atoms with Gasteiger partial charge in [-0.15, -0.1) is 0 Å². The van der Waals surface area contributed by atoms with Crippen LogP contribution in [0.3, 0.4) is 0 Å². The van der Waals surface area contributed by atoms with Crippen LogP contribution in [0, 0.1) is 0 Å². The summed E-state index contributed by atoms with van der Waals surface area (Å²) in [6, 6.07) is 0. The van der Waals surface area contributed by atoms with E-state index >= 15 is 0 Å². The van der Waals surface area contributed by atoms with Crippen molar-refractivity contribution in [1.29, 1.82) is 0 Å². The van der Waals surface area contributed by atoms with Crippen molar-refractivity contribution < 1.29 is 126 Å². The summed E-state index contributed by atoms with van der Waals surface area (Å²) < 4.78 is 75.5. The molecule has 0 aromatic rings. The lowest BCUT2D eigenvalue weighted by Gasteiger charge is -2.42. The smallest absolute Gasteiger partial charge is 0.335 e. The van der Waals surface area contributed by atoms with Crippen molar-refractivity contribution in [3.8, 4) is 0 Å². The summed E-state index contributed by atoms with van der Waals surface area (Å²) in [6.07, 6.45) is -13.9. The molecule has 0 spiro atoms. The highest BCUT2D eigenvalue weighted by molar-refractivity contribution is 5.88. The first-order chi connectivity index (χ1) is 36.3. The van der Waals surface area contributed by atoms with E-state index in [-0.39, 0.29) is 31.4 Å². The van der Waals surface area contributed by atoms with Gasteiger partial charge in [0, 0.05) is 25.7 Å². The maximum absolute atomic E-state index is 13.2. The fourth-order valence-corrected chi connectivity index (χ4v) is 6.34. The standard InChI is InChI=1S/C47H87NO25.CH2O/c1-4-5-6-7-8-10-34(2)46(59)72-38(48-45(58)42(56)41(55)44(36(52)31-49)73-47-43(57)40(54)39(53)37(32-50)71-47)33-69-12-9-11-60-13-14-61-15-16-62-17-18-63-19-20-64-21-22-65-23-24-66-25-26-67-27-28-68-29-30-70-35(3)51;1-2/h36-44,47,49-50,52-57H,2,4-33H2,1,3H3,(H,48,58);1H2/t36?,37?,38?,39-,40-,41?,42?,43?,44?,47-;/m0./s1. The number of aliphatic hydroxyl groups excluding tert-OH is 8. The highest BCUT2D eigenvalue weighted by Crippen LogP contribution is 2.25. The third kappa shape index (κ3) is 36.7. The number of rotatable bonds is 50. The van der Waals surface area contributed by atoms with Crippen LogP contribution < -0.4 is 5.32 Å². The normalized spacial score (nSPS) is 19.5. The van der Waals surface area contributed by atoms with Gasteiger partial charge >= 0.3 is 11.9 Å². The summed E-state index contributed by atoms with van der Waals surface area (Å²) in [5, 5.41) is 84.2. The molecule has 27 nitrogen and oxygen atoms in total. The molecule has 1 fully saturated rings. The van der Waals surface area contributed by atoms with Gasteiger partial charge in [0.1, 0.15) is 62.7 Å². The highest BCUT2D eigenvalue weighted by atomic mass is 16.7. The molecule has 27 heteroatoms. The van der Waals surface area contributed by atoms with Gasteiger partial charge in [-0.25, -0.2) is 4.79 Å². The van der Waals surface area contributed by atoms with E-state index < -0.39 is 93.0 Å². The van der Waals surface area contributed by atoms with E-state index in [0.717, 1.165) is 25.7 Å². The zero-order valence-corrected chi connectivity index (χ0v) is 43.8. The number of aliphatic hydroxyl groups is 8. The Kier molecular flexibility index (Phi) is 47.4. The Hall–Kier alpha value is -2.98. The Morgan fingerprint density at radius 3 is 1.47 bits per heavy atom. The second kappa shape index (κ2) is 49.3. The summed E-state index contributed by atoms with van der Waals surface area (Å²) in [4.78, 5) is 44.8. The van der Waals surface area contributed by atoms with E-state index in [1.54, 1.807) is 0 Å². The number of hydrogen-bond acceptors (Lipinski definition) is 26. The van der Waals surface area contributed by atoms with Gasteiger partial charge in [0.25, 0.3) is 5.91 Å². The van der Waals surface area contributed by atoms with Crippen LogP contribution in [0.1, 0.15) is 58.8 Å². The van der Waals surface area contributed by atoms with Crippen LogP contribution in [-0.2, 0) is 85.5 Å². The number of nitrogens with one attached hydrogen (secondary N) is 1. The van der Waals surface area contributed by atoms with Crippen LogP contribution in [0.4, 0.5) is 0 Å². The zero-order chi connectivity index (χ0) is 55.9. The van der Waals surface area contributed by atoms with Gasteiger partial charge < -0.3 is 117 Å². The number of esters is 2. The lowest BCUT2D eigenvalue weighted by atomic mass is 9.98. The van der Waals surface area contributed by atoms with Gasteiger partial charge in [0.05, 0.1) is 126 Å². The Bertz CT molecular complexity index is 1390. The largest absolute Gasteiger partial charge is 0.463 e. The first-order valence-corrected chi connectivity index (χ1v) is 25.3. The third-order valence-corrected chi connectivity index (χ3v) is 10.4. The average Bonchev–Trinajstić information content (AvgIpc) is 3.40. The molecule has 75 heavy (non-hydrogen) atoms. The predicted octanol–water partition coefficient (Wildman–Crippen LogP) is -2.92. The summed E-state index contributed by atoms with van der Waals surface area (Å²) in [5.41, 5.74) is 0.137. The van der Waals surface area contributed by atoms with Gasteiger partial charge in [-0.05, 0) is 19.3 Å². The number of unbranched alkanes of at least 4 members (excludes halogenated alkanes) is 4. The van der Waals surface area contributed by atoms with Gasteiger partial charge in [-0.3, -0.25) is 9.59 Å². The minimum atomic E-state index is -2.41. The van der Waals surface area contributed by atoms with Crippen LogP contribution in [0.2, 0.25) is 0 Å². The first-order valence-electron chi connectivity index (χ1n) is 25.3. The van der Waals surface area contributed by atoms with Crippen LogP contribution in [-0.4, -0.2) is 279 Å². The van der Waals surface area contributed by atoms with E-state index in [9.17, 15) is 55.2 Å². The molecular weight excluding hydrogens is 1010 g/mol. The molecule has 0 aromatic carbocycles. The van der Waals surface area contributed by atoms with Crippen molar-refractivity contribution in [2.45, 2.75) is 120 Å². The molecule has 1 aliphatic heterocycles. The molecule has 1 amide bonds. The number of carbonyl (C=O) groups is 4. The van der Waals surface area contributed by atoms with Crippen molar-refractivity contribution in [1.82, 2.24) is 5.32 Å². The van der Waals surface area contributed by atoms with Gasteiger partial charge in [-0.1, -0.05) is 39.2 Å². The van der Waals surface area contributed by atoms with E-state index in [0.29, 0.717) is 132 Å². The van der Waals surface area contributed by atoms with Crippen molar-refractivity contribution in [2.75, 3.05) is 152 Å². The molecule has 0 radical (unpaired) electrons. The molecule has 442 valence electrons. The summed E-state index contributed by atoms with van der Waals surface area (Å²) in [5.74, 6) is -2.49. The molecule has 7 unspecified atom stereocenters. The van der Waals surface area contributed by atoms with Gasteiger partial charge in [-0.2, -0.15) is 0 Å². The third-order valence-electron chi connectivity index (χ3n) is 10.4. The van der Waals surface area contributed by atoms with E-state index in [1.807, 2.05) is 6.79 Å². The molecule has 9 N–H and O–H groups in total. The molecule has 1 aliphatic rings. The topological polar surface area (TPSA) is 371 Å². The van der Waals surface area contributed by atoms with Crippen molar-refractivity contribution >= 4 is 24.6 Å². The SMILES string of the molecule is C=C(CCCCCCC)C(=O)OC(COCCCOCCOCCOCCOCCOCCOCCOCCOCCOCCOC(C)=O)NC(=O)C(O)C(O)C(O[C@@H]1OC(CO)[C@H](O)[C@H](O)C1O)C(O)CO.C=O. The number of hydrogen-bond donors (Lipinski definition) is 9. The van der Waals surface area contributed by atoms with Crippen LogP contribution >= 0.6 is 0 Å². The van der Waals surface area contributed by atoms with Gasteiger partial charge in [0.2, 0.25) is 0 Å². The zero-order valence-electron chi connectivity index (χ0n) is 43.8. The van der Waals surface area contributed by atoms with E-state index in [1.165, 1.54) is 6.92 Å². The Morgan fingerprint density at radius 1 is 0.587 bits per heavy atom. The summed E-state index contributed by atoms with van der Waals surface area (Å²) in [6.45, 7) is 14.2. The molecule has 0 saturated carbocycles.